The molecule has 0 aliphatic carbocycles. The Morgan fingerprint density at radius 2 is 2.27 bits per heavy atom. The van der Waals surface area contributed by atoms with Gasteiger partial charge in [0, 0.05) is 13.0 Å². The van der Waals surface area contributed by atoms with Crippen molar-refractivity contribution in [1.82, 2.24) is 9.97 Å². The highest BCUT2D eigenvalue weighted by molar-refractivity contribution is 6.01. The first kappa shape index (κ1) is 9.89. The van der Waals surface area contributed by atoms with E-state index in [-0.39, 0.29) is 5.91 Å². The van der Waals surface area contributed by atoms with Crippen LogP contribution in [0.25, 0.3) is 0 Å². The maximum absolute atomic E-state index is 11.4. The number of fused-ring (bicyclic) bond motifs is 1. The molecule has 1 aliphatic heterocycles. The van der Waals surface area contributed by atoms with Crippen LogP contribution in [0.5, 0.6) is 0 Å². The lowest BCUT2D eigenvalue weighted by molar-refractivity contribution is -0.116. The number of rotatable bonds is 1. The molecule has 5 nitrogen and oxygen atoms in total. The average Bonchev–Trinajstić information content (AvgIpc) is 2.23. The number of carbonyl (C=O) groups excluding carboxylic acids is 1. The molecule has 15 heavy (non-hydrogen) atoms. The third kappa shape index (κ3) is 1.65. The summed E-state index contributed by atoms with van der Waals surface area (Å²) in [6, 6.07) is 0. The molecule has 0 atom stereocenters. The van der Waals surface area contributed by atoms with E-state index in [0.29, 0.717) is 12.5 Å². The van der Waals surface area contributed by atoms with Gasteiger partial charge in [-0.3, -0.25) is 4.79 Å². The number of carbonyl (C=O) groups is 1. The quantitative estimate of drug-likeness (QED) is 0.744. The Labute approximate surface area is 88.5 Å². The Bertz CT molecular complexity index is 402. The van der Waals surface area contributed by atoms with Crippen LogP contribution in [0.1, 0.15) is 25.6 Å². The molecule has 0 radical (unpaired) electrons. The summed E-state index contributed by atoms with van der Waals surface area (Å²) in [5.74, 6) is 1.86. The molecule has 2 heterocycles. The van der Waals surface area contributed by atoms with E-state index in [4.69, 9.17) is 0 Å². The van der Waals surface area contributed by atoms with E-state index < -0.39 is 0 Å². The van der Waals surface area contributed by atoms with Gasteiger partial charge in [-0.2, -0.15) is 0 Å². The van der Waals surface area contributed by atoms with Gasteiger partial charge < -0.3 is 10.2 Å². The van der Waals surface area contributed by atoms with Crippen LogP contribution in [-0.2, 0) is 4.79 Å². The molecule has 1 aliphatic rings. The van der Waals surface area contributed by atoms with Crippen molar-refractivity contribution in [3.63, 3.8) is 0 Å². The Balaban J connectivity index is 2.42. The van der Waals surface area contributed by atoms with Crippen LogP contribution >= 0.6 is 0 Å². The molecule has 0 bridgehead atoms. The van der Waals surface area contributed by atoms with Gasteiger partial charge in [0.15, 0.2) is 5.82 Å². The first-order valence-corrected chi connectivity index (χ1v) is 4.97. The maximum Gasteiger partial charge on any atom is 0.246 e. The standard InChI is InChI=1S/C10H14N4O/c1-6(2)9-11-4-7-10(13-9)12-5-8(15)14(7)3/h4,6H,5H2,1-3H3,(H,11,12,13). The van der Waals surface area contributed by atoms with E-state index in [9.17, 15) is 4.79 Å². The lowest BCUT2D eigenvalue weighted by atomic mass is 10.2. The van der Waals surface area contributed by atoms with Crippen molar-refractivity contribution in [3.05, 3.63) is 12.0 Å². The molecule has 1 amide bonds. The minimum atomic E-state index is 0.0309. The van der Waals surface area contributed by atoms with Gasteiger partial charge >= 0.3 is 0 Å². The van der Waals surface area contributed by atoms with Gasteiger partial charge in [-0.25, -0.2) is 9.97 Å². The summed E-state index contributed by atoms with van der Waals surface area (Å²) in [5.41, 5.74) is 0.746. The van der Waals surface area contributed by atoms with Gasteiger partial charge in [-0.15, -0.1) is 0 Å². The summed E-state index contributed by atoms with van der Waals surface area (Å²) in [7, 11) is 1.74. The summed E-state index contributed by atoms with van der Waals surface area (Å²) < 4.78 is 0. The fourth-order valence-corrected chi connectivity index (χ4v) is 1.46. The number of aromatic nitrogens is 2. The van der Waals surface area contributed by atoms with Crippen molar-refractivity contribution in [2.45, 2.75) is 19.8 Å². The van der Waals surface area contributed by atoms with Crippen molar-refractivity contribution in [2.75, 3.05) is 23.8 Å². The van der Waals surface area contributed by atoms with Gasteiger partial charge in [-0.1, -0.05) is 13.8 Å². The van der Waals surface area contributed by atoms with Crippen LogP contribution in [0.3, 0.4) is 0 Å². The molecule has 2 rings (SSSR count). The monoisotopic (exact) mass is 206 g/mol. The largest absolute Gasteiger partial charge is 0.359 e. The lowest BCUT2D eigenvalue weighted by Gasteiger charge is -2.25. The fourth-order valence-electron chi connectivity index (χ4n) is 1.46. The molecular weight excluding hydrogens is 192 g/mol. The van der Waals surface area contributed by atoms with Crippen LogP contribution in [0.4, 0.5) is 11.5 Å². The van der Waals surface area contributed by atoms with Crippen molar-refractivity contribution >= 4 is 17.4 Å². The van der Waals surface area contributed by atoms with Crippen molar-refractivity contribution in [3.8, 4) is 0 Å². The van der Waals surface area contributed by atoms with Gasteiger partial charge in [0.25, 0.3) is 0 Å². The molecule has 1 aromatic rings. The van der Waals surface area contributed by atoms with Gasteiger partial charge in [0.2, 0.25) is 5.91 Å². The van der Waals surface area contributed by atoms with Crippen molar-refractivity contribution < 1.29 is 4.79 Å². The summed E-state index contributed by atoms with van der Waals surface area (Å²) in [5, 5.41) is 3.00. The van der Waals surface area contributed by atoms with Crippen LogP contribution in [0.15, 0.2) is 6.20 Å². The van der Waals surface area contributed by atoms with E-state index >= 15 is 0 Å². The zero-order valence-electron chi connectivity index (χ0n) is 9.11. The maximum atomic E-state index is 11.4. The predicted molar refractivity (Wildman–Crippen MR) is 58.0 cm³/mol. The lowest BCUT2D eigenvalue weighted by Crippen LogP contribution is -2.37. The Morgan fingerprint density at radius 1 is 1.53 bits per heavy atom. The van der Waals surface area contributed by atoms with E-state index in [1.165, 1.54) is 0 Å². The Morgan fingerprint density at radius 3 is 2.93 bits per heavy atom. The molecule has 0 unspecified atom stereocenters. The van der Waals surface area contributed by atoms with E-state index in [1.54, 1.807) is 18.1 Å². The Kier molecular flexibility index (Phi) is 2.30. The molecule has 1 N–H and O–H groups in total. The molecule has 0 saturated heterocycles. The normalized spacial score (nSPS) is 15.2. The molecule has 0 saturated carbocycles. The zero-order chi connectivity index (χ0) is 11.0. The highest BCUT2D eigenvalue weighted by atomic mass is 16.2. The molecule has 5 heteroatoms. The number of nitrogens with one attached hydrogen (secondary N) is 1. The predicted octanol–water partition coefficient (Wildman–Crippen LogP) is 0.988. The van der Waals surface area contributed by atoms with E-state index in [2.05, 4.69) is 15.3 Å². The summed E-state index contributed by atoms with van der Waals surface area (Å²) in [6.45, 7) is 4.39. The summed E-state index contributed by atoms with van der Waals surface area (Å²) in [4.78, 5) is 21.6. The average molecular weight is 206 g/mol. The third-order valence-corrected chi connectivity index (χ3v) is 2.45. The van der Waals surface area contributed by atoms with Crippen LogP contribution < -0.4 is 10.2 Å². The molecule has 1 aromatic heterocycles. The van der Waals surface area contributed by atoms with Crippen LogP contribution in [0, 0.1) is 0 Å². The number of likely N-dealkylation sites (N-methyl/N-ethyl adjacent to an activating group) is 1. The summed E-state index contributed by atoms with van der Waals surface area (Å²) >= 11 is 0. The second-order valence-corrected chi connectivity index (χ2v) is 3.92. The van der Waals surface area contributed by atoms with Crippen LogP contribution in [-0.4, -0.2) is 29.5 Å². The highest BCUT2D eigenvalue weighted by Gasteiger charge is 2.22. The molecular formula is C10H14N4O. The van der Waals surface area contributed by atoms with E-state index in [1.807, 2.05) is 13.8 Å². The SMILES string of the molecule is CC(C)c1ncc2c(n1)NCC(=O)N2C. The second kappa shape index (κ2) is 3.49. The Hall–Kier alpha value is -1.65. The van der Waals surface area contributed by atoms with Gasteiger partial charge in [0.05, 0.1) is 12.7 Å². The number of amides is 1. The third-order valence-electron chi connectivity index (χ3n) is 2.45. The molecule has 80 valence electrons. The van der Waals surface area contributed by atoms with Gasteiger partial charge in [-0.05, 0) is 0 Å². The first-order valence-electron chi connectivity index (χ1n) is 4.97. The number of anilines is 2. The minimum Gasteiger partial charge on any atom is -0.359 e. The molecule has 0 aromatic carbocycles. The molecule has 0 spiro atoms. The van der Waals surface area contributed by atoms with Crippen molar-refractivity contribution in [2.24, 2.45) is 0 Å². The fraction of sp³-hybridized carbons (Fsp3) is 0.500. The van der Waals surface area contributed by atoms with E-state index in [0.717, 1.165) is 17.3 Å². The smallest absolute Gasteiger partial charge is 0.246 e. The summed E-state index contributed by atoms with van der Waals surface area (Å²) in [6.07, 6.45) is 1.70. The number of hydrogen-bond donors (Lipinski definition) is 1. The van der Waals surface area contributed by atoms with Gasteiger partial charge in [0.1, 0.15) is 11.5 Å². The van der Waals surface area contributed by atoms with Crippen molar-refractivity contribution in [1.29, 1.82) is 0 Å². The molecule has 0 fully saturated rings. The zero-order valence-corrected chi connectivity index (χ0v) is 9.11. The number of nitrogens with zero attached hydrogens (tertiary/aromatic N) is 3. The first-order chi connectivity index (χ1) is 7.09. The topological polar surface area (TPSA) is 58.1 Å². The second-order valence-electron chi connectivity index (χ2n) is 3.92. The number of hydrogen-bond acceptors (Lipinski definition) is 4. The highest BCUT2D eigenvalue weighted by Crippen LogP contribution is 2.26. The minimum absolute atomic E-state index is 0.0309. The van der Waals surface area contributed by atoms with Crippen LogP contribution in [0.2, 0.25) is 0 Å².